The first-order valence-electron chi connectivity index (χ1n) is 6.49. The van der Waals surface area contributed by atoms with Gasteiger partial charge in [0, 0.05) is 22.0 Å². The molecule has 0 aliphatic rings. The van der Waals surface area contributed by atoms with Gasteiger partial charge >= 0.3 is 0 Å². The Labute approximate surface area is 119 Å². The molecule has 19 heavy (non-hydrogen) atoms. The van der Waals surface area contributed by atoms with Gasteiger partial charge in [0.25, 0.3) is 0 Å². The Hall–Kier alpha value is -1.48. The van der Waals surface area contributed by atoms with Crippen molar-refractivity contribution in [2.24, 2.45) is 0 Å². The smallest absolute Gasteiger partial charge is 0.115 e. The number of hydrogen-bond acceptors (Lipinski definition) is 3. The van der Waals surface area contributed by atoms with E-state index < -0.39 is 0 Å². The molecule has 0 amide bonds. The fourth-order valence-corrected chi connectivity index (χ4v) is 2.91. The number of benzene rings is 1. The number of phenolic OH excluding ortho intramolecular Hbond substituents is 1. The minimum atomic E-state index is 0.220. The molecule has 2 rings (SSSR count). The zero-order valence-electron chi connectivity index (χ0n) is 11.9. The molecule has 102 valence electrons. The highest BCUT2D eigenvalue weighted by molar-refractivity contribution is 7.12. The van der Waals surface area contributed by atoms with E-state index in [4.69, 9.17) is 0 Å². The summed E-state index contributed by atoms with van der Waals surface area (Å²) in [5.74, 6) is 0.314. The summed E-state index contributed by atoms with van der Waals surface area (Å²) in [5.41, 5.74) is 2.35. The number of hydrogen-bond donors (Lipinski definition) is 2. The second-order valence-corrected chi connectivity index (χ2v) is 7.04. The summed E-state index contributed by atoms with van der Waals surface area (Å²) in [5, 5.41) is 12.8. The van der Waals surface area contributed by atoms with E-state index in [1.165, 1.54) is 9.75 Å². The first-order valence-corrected chi connectivity index (χ1v) is 7.30. The van der Waals surface area contributed by atoms with Crippen molar-refractivity contribution in [3.63, 3.8) is 0 Å². The molecule has 0 saturated heterocycles. The van der Waals surface area contributed by atoms with Gasteiger partial charge in [-0.3, -0.25) is 0 Å². The maximum atomic E-state index is 9.39. The molecule has 0 unspecified atom stereocenters. The van der Waals surface area contributed by atoms with E-state index in [2.05, 4.69) is 38.2 Å². The number of aryl methyl sites for hydroxylation is 1. The van der Waals surface area contributed by atoms with Gasteiger partial charge in [-0.25, -0.2) is 0 Å². The molecule has 0 aliphatic carbocycles. The van der Waals surface area contributed by atoms with Crippen molar-refractivity contribution < 1.29 is 5.11 Å². The quantitative estimate of drug-likeness (QED) is 0.798. The maximum Gasteiger partial charge on any atom is 0.115 e. The lowest BCUT2D eigenvalue weighted by molar-refractivity contribution is 0.475. The molecule has 1 aromatic heterocycles. The second-order valence-electron chi connectivity index (χ2n) is 5.87. The molecule has 3 heteroatoms. The van der Waals surface area contributed by atoms with Crippen LogP contribution in [-0.4, -0.2) is 5.11 Å². The molecule has 2 N–H and O–H groups in total. The van der Waals surface area contributed by atoms with Crippen LogP contribution in [0.15, 0.2) is 30.3 Å². The van der Waals surface area contributed by atoms with Crippen LogP contribution in [0.3, 0.4) is 0 Å². The summed E-state index contributed by atoms with van der Waals surface area (Å²) in [4.78, 5) is 2.74. The van der Waals surface area contributed by atoms with Crippen molar-refractivity contribution >= 4 is 17.0 Å². The number of thiophene rings is 1. The second kappa shape index (κ2) is 5.25. The third-order valence-electron chi connectivity index (χ3n) is 3.06. The molecule has 1 aromatic carbocycles. The van der Waals surface area contributed by atoms with Crippen LogP contribution in [0.4, 0.5) is 5.69 Å². The highest BCUT2D eigenvalue weighted by Crippen LogP contribution is 2.30. The van der Waals surface area contributed by atoms with Gasteiger partial charge in [-0.1, -0.05) is 20.8 Å². The zero-order chi connectivity index (χ0) is 14.0. The number of rotatable bonds is 3. The fraction of sp³-hybridized carbons (Fsp3) is 0.375. The van der Waals surface area contributed by atoms with Gasteiger partial charge in [-0.2, -0.15) is 0 Å². The van der Waals surface area contributed by atoms with Gasteiger partial charge in [0.05, 0.1) is 0 Å². The highest BCUT2D eigenvalue weighted by Gasteiger charge is 2.15. The number of nitrogens with one attached hydrogen (secondary N) is 1. The predicted molar refractivity (Wildman–Crippen MR) is 83.2 cm³/mol. The maximum absolute atomic E-state index is 9.39. The lowest BCUT2D eigenvalue weighted by Crippen LogP contribution is -2.07. The van der Waals surface area contributed by atoms with Crippen LogP contribution in [0.1, 0.15) is 36.1 Å². The Morgan fingerprint density at radius 1 is 1.16 bits per heavy atom. The Bertz CT molecular complexity index is 566. The molecule has 2 nitrogen and oxygen atoms in total. The molecule has 0 bridgehead atoms. The average Bonchev–Trinajstić information content (AvgIpc) is 2.76. The van der Waals surface area contributed by atoms with Gasteiger partial charge in [-0.15, -0.1) is 11.3 Å². The molecule has 0 fully saturated rings. The van der Waals surface area contributed by atoms with Gasteiger partial charge in [0.15, 0.2) is 0 Å². The molecule has 1 heterocycles. The van der Waals surface area contributed by atoms with Crippen molar-refractivity contribution in [1.82, 2.24) is 0 Å². The molecule has 0 radical (unpaired) electrons. The Morgan fingerprint density at radius 3 is 2.47 bits per heavy atom. The standard InChI is InChI=1S/C16H21NOS/c1-11-9-12(18)5-7-14(11)17-10-13-6-8-15(19-13)16(2,3)4/h5-9,17-18H,10H2,1-4H3. The van der Waals surface area contributed by atoms with E-state index in [0.29, 0.717) is 5.75 Å². The largest absolute Gasteiger partial charge is 0.508 e. The first-order chi connectivity index (χ1) is 8.86. The molecular formula is C16H21NOS. The van der Waals surface area contributed by atoms with Crippen LogP contribution in [0.5, 0.6) is 5.75 Å². The third-order valence-corrected chi connectivity index (χ3v) is 4.57. The number of anilines is 1. The number of aromatic hydroxyl groups is 1. The topological polar surface area (TPSA) is 32.3 Å². The minimum Gasteiger partial charge on any atom is -0.508 e. The average molecular weight is 275 g/mol. The molecule has 0 spiro atoms. The van der Waals surface area contributed by atoms with E-state index >= 15 is 0 Å². The van der Waals surface area contributed by atoms with Crippen LogP contribution in [0.2, 0.25) is 0 Å². The van der Waals surface area contributed by atoms with E-state index in [1.807, 2.05) is 24.3 Å². The van der Waals surface area contributed by atoms with Gasteiger partial charge < -0.3 is 10.4 Å². The van der Waals surface area contributed by atoms with Crippen LogP contribution in [0, 0.1) is 6.92 Å². The van der Waals surface area contributed by atoms with E-state index in [-0.39, 0.29) is 5.41 Å². The molecule has 2 aromatic rings. The summed E-state index contributed by atoms with van der Waals surface area (Å²) < 4.78 is 0. The fourth-order valence-electron chi connectivity index (χ4n) is 1.90. The first kappa shape index (κ1) is 13.9. The van der Waals surface area contributed by atoms with Crippen molar-refractivity contribution in [1.29, 1.82) is 0 Å². The molecule has 0 atom stereocenters. The lowest BCUT2D eigenvalue weighted by Gasteiger charge is -2.15. The van der Waals surface area contributed by atoms with Crippen molar-refractivity contribution in [2.45, 2.75) is 39.7 Å². The van der Waals surface area contributed by atoms with Crippen molar-refractivity contribution in [2.75, 3.05) is 5.32 Å². The van der Waals surface area contributed by atoms with Gasteiger partial charge in [-0.05, 0) is 48.2 Å². The highest BCUT2D eigenvalue weighted by atomic mass is 32.1. The van der Waals surface area contributed by atoms with Crippen LogP contribution in [0.25, 0.3) is 0 Å². The van der Waals surface area contributed by atoms with Crippen LogP contribution in [-0.2, 0) is 12.0 Å². The van der Waals surface area contributed by atoms with E-state index in [9.17, 15) is 5.11 Å². The Balaban J connectivity index is 2.04. The Kier molecular flexibility index (Phi) is 3.85. The summed E-state index contributed by atoms with van der Waals surface area (Å²) in [7, 11) is 0. The van der Waals surface area contributed by atoms with Crippen molar-refractivity contribution in [3.8, 4) is 5.75 Å². The van der Waals surface area contributed by atoms with Crippen LogP contribution >= 0.6 is 11.3 Å². The molecular weight excluding hydrogens is 254 g/mol. The SMILES string of the molecule is Cc1cc(O)ccc1NCc1ccc(C(C)(C)C)s1. The summed E-state index contributed by atoms with van der Waals surface area (Å²) >= 11 is 1.86. The lowest BCUT2D eigenvalue weighted by atomic mass is 9.95. The normalized spacial score (nSPS) is 11.6. The van der Waals surface area contributed by atoms with Gasteiger partial charge in [0.2, 0.25) is 0 Å². The summed E-state index contributed by atoms with van der Waals surface area (Å²) in [6.45, 7) is 9.53. The molecule has 0 aliphatic heterocycles. The third kappa shape index (κ3) is 3.51. The monoisotopic (exact) mass is 275 g/mol. The molecule has 0 saturated carbocycles. The van der Waals surface area contributed by atoms with Crippen molar-refractivity contribution in [3.05, 3.63) is 45.6 Å². The number of phenols is 1. The summed E-state index contributed by atoms with van der Waals surface area (Å²) in [6, 6.07) is 9.81. The van der Waals surface area contributed by atoms with E-state index in [0.717, 1.165) is 17.8 Å². The van der Waals surface area contributed by atoms with Crippen LogP contribution < -0.4 is 5.32 Å². The van der Waals surface area contributed by atoms with E-state index in [1.54, 1.807) is 12.1 Å². The Morgan fingerprint density at radius 2 is 1.89 bits per heavy atom. The minimum absolute atomic E-state index is 0.220. The van der Waals surface area contributed by atoms with Gasteiger partial charge in [0.1, 0.15) is 5.75 Å². The summed E-state index contributed by atoms with van der Waals surface area (Å²) in [6.07, 6.45) is 0. The predicted octanol–water partition coefficient (Wildman–Crippen LogP) is 4.67. The zero-order valence-corrected chi connectivity index (χ0v) is 12.8.